The first-order valence-corrected chi connectivity index (χ1v) is 10.4. The van der Waals surface area contributed by atoms with Crippen molar-refractivity contribution >= 4 is 32.4 Å². The molecule has 2 aromatic heterocycles. The van der Waals surface area contributed by atoms with E-state index in [1.807, 2.05) is 29.8 Å². The first-order chi connectivity index (χ1) is 13.0. The topological polar surface area (TPSA) is 119 Å². The van der Waals surface area contributed by atoms with Gasteiger partial charge in [0.1, 0.15) is 0 Å². The number of hydrogen-bond donors (Lipinski definition) is 2. The second-order valence-electron chi connectivity index (χ2n) is 5.69. The fourth-order valence-corrected chi connectivity index (χ4v) is 4.32. The van der Waals surface area contributed by atoms with E-state index in [1.54, 1.807) is 24.7 Å². The summed E-state index contributed by atoms with van der Waals surface area (Å²) >= 11 is 0.805. The monoisotopic (exact) mass is 406 g/mol. The number of amides is 1. The number of imidazole rings is 1. The molecule has 0 aliphatic heterocycles. The molecule has 2 N–H and O–H groups in total. The highest BCUT2D eigenvalue weighted by atomic mass is 32.2. The van der Waals surface area contributed by atoms with Gasteiger partial charge in [-0.05, 0) is 25.0 Å². The van der Waals surface area contributed by atoms with Gasteiger partial charge in [0.05, 0.1) is 6.33 Å². The molecule has 11 heteroatoms. The molecule has 3 aromatic rings. The lowest BCUT2D eigenvalue weighted by molar-refractivity contribution is 0.102. The van der Waals surface area contributed by atoms with Crippen molar-refractivity contribution in [2.75, 3.05) is 11.9 Å². The standard InChI is InChI=1S/C16H18N6O3S2/c1-12-5-2-3-6-13(12)14(23)19-15-20-21-16(26-15)27(24,25)18-7-4-9-22-10-8-17-11-22/h2-3,5-6,8,10-11,18H,4,7,9H2,1H3,(H,19,20,23). The fourth-order valence-electron chi connectivity index (χ4n) is 2.31. The number of anilines is 1. The van der Waals surface area contributed by atoms with Crippen LogP contribution in [0.5, 0.6) is 0 Å². The molecule has 0 radical (unpaired) electrons. The molecule has 2 heterocycles. The normalized spacial score (nSPS) is 11.4. The highest BCUT2D eigenvalue weighted by molar-refractivity contribution is 7.91. The largest absolute Gasteiger partial charge is 0.337 e. The van der Waals surface area contributed by atoms with E-state index in [9.17, 15) is 13.2 Å². The molecule has 27 heavy (non-hydrogen) atoms. The Hall–Kier alpha value is -2.63. The van der Waals surface area contributed by atoms with E-state index in [1.165, 1.54) is 0 Å². The summed E-state index contributed by atoms with van der Waals surface area (Å²) in [5, 5.41) is 10.1. The molecule has 0 saturated heterocycles. The number of nitrogens with one attached hydrogen (secondary N) is 2. The number of carbonyl (C=O) groups excluding carboxylic acids is 1. The van der Waals surface area contributed by atoms with Crippen LogP contribution < -0.4 is 10.0 Å². The average Bonchev–Trinajstić information content (AvgIpc) is 3.31. The lowest BCUT2D eigenvalue weighted by Gasteiger charge is -2.04. The van der Waals surface area contributed by atoms with Gasteiger partial charge in [-0.15, -0.1) is 10.2 Å². The van der Waals surface area contributed by atoms with Crippen molar-refractivity contribution in [1.82, 2.24) is 24.5 Å². The number of sulfonamides is 1. The molecule has 0 spiro atoms. The number of carbonyl (C=O) groups is 1. The summed E-state index contributed by atoms with van der Waals surface area (Å²) in [4.78, 5) is 16.2. The quantitative estimate of drug-likeness (QED) is 0.434. The third kappa shape index (κ3) is 4.96. The summed E-state index contributed by atoms with van der Waals surface area (Å²) in [6.45, 7) is 2.72. The number of hydrogen-bond acceptors (Lipinski definition) is 7. The van der Waals surface area contributed by atoms with E-state index in [4.69, 9.17) is 0 Å². The molecule has 0 aliphatic carbocycles. The lowest BCUT2D eigenvalue weighted by atomic mass is 10.1. The van der Waals surface area contributed by atoms with Crippen molar-refractivity contribution in [1.29, 1.82) is 0 Å². The summed E-state index contributed by atoms with van der Waals surface area (Å²) in [6, 6.07) is 7.09. The Labute approximate surface area is 160 Å². The second kappa shape index (κ2) is 8.37. The van der Waals surface area contributed by atoms with Gasteiger partial charge >= 0.3 is 0 Å². The Kier molecular flexibility index (Phi) is 5.94. The van der Waals surface area contributed by atoms with Gasteiger partial charge in [-0.25, -0.2) is 18.1 Å². The van der Waals surface area contributed by atoms with Crippen LogP contribution in [0, 0.1) is 6.92 Å². The number of aromatic nitrogens is 4. The molecule has 1 amide bonds. The van der Waals surface area contributed by atoms with Crippen molar-refractivity contribution in [3.8, 4) is 0 Å². The Morgan fingerprint density at radius 2 is 2.07 bits per heavy atom. The number of nitrogens with zero attached hydrogens (tertiary/aromatic N) is 4. The maximum Gasteiger partial charge on any atom is 0.269 e. The summed E-state index contributed by atoms with van der Waals surface area (Å²) in [7, 11) is -3.77. The molecule has 3 rings (SSSR count). The van der Waals surface area contributed by atoms with Crippen LogP contribution >= 0.6 is 11.3 Å². The molecule has 0 aliphatic rings. The minimum absolute atomic E-state index is 0.127. The zero-order valence-corrected chi connectivity index (χ0v) is 16.1. The van der Waals surface area contributed by atoms with Crippen LogP contribution in [-0.2, 0) is 16.6 Å². The SMILES string of the molecule is Cc1ccccc1C(=O)Nc1nnc(S(=O)(=O)NCCCn2ccnc2)s1. The molecule has 0 atom stereocenters. The van der Waals surface area contributed by atoms with E-state index in [0.29, 0.717) is 18.5 Å². The molecule has 9 nitrogen and oxygen atoms in total. The zero-order chi connectivity index (χ0) is 19.3. The first-order valence-electron chi connectivity index (χ1n) is 8.11. The zero-order valence-electron chi connectivity index (χ0n) is 14.5. The van der Waals surface area contributed by atoms with E-state index < -0.39 is 10.0 Å². The molecule has 142 valence electrons. The van der Waals surface area contributed by atoms with Gasteiger partial charge in [0.15, 0.2) is 0 Å². The summed E-state index contributed by atoms with van der Waals surface area (Å²) < 4.78 is 28.7. The molecule has 0 unspecified atom stereocenters. The van der Waals surface area contributed by atoms with Gasteiger partial charge in [-0.2, -0.15) is 0 Å². The van der Waals surface area contributed by atoms with Crippen LogP contribution in [0.15, 0.2) is 47.3 Å². The third-order valence-corrected chi connectivity index (χ3v) is 6.36. The van der Waals surface area contributed by atoms with Crippen molar-refractivity contribution in [3.63, 3.8) is 0 Å². The molecular formula is C16H18N6O3S2. The van der Waals surface area contributed by atoms with Crippen LogP contribution in [0.3, 0.4) is 0 Å². The Bertz CT molecular complexity index is 1010. The maximum absolute atomic E-state index is 12.3. The van der Waals surface area contributed by atoms with Gasteiger partial charge in [-0.1, -0.05) is 29.5 Å². The van der Waals surface area contributed by atoms with Crippen LogP contribution in [0.1, 0.15) is 22.3 Å². The predicted octanol–water partition coefficient (Wildman–Crippen LogP) is 1.66. The Balaban J connectivity index is 1.57. The van der Waals surface area contributed by atoms with Crippen LogP contribution in [0.2, 0.25) is 0 Å². The van der Waals surface area contributed by atoms with Gasteiger partial charge in [0.2, 0.25) is 9.47 Å². The van der Waals surface area contributed by atoms with E-state index in [2.05, 4.69) is 25.2 Å². The molecular weight excluding hydrogens is 388 g/mol. The van der Waals surface area contributed by atoms with Crippen molar-refractivity contribution in [2.45, 2.75) is 24.2 Å². The minimum atomic E-state index is -3.77. The van der Waals surface area contributed by atoms with Gasteiger partial charge in [-0.3, -0.25) is 10.1 Å². The lowest BCUT2D eigenvalue weighted by Crippen LogP contribution is -2.25. The average molecular weight is 406 g/mol. The molecule has 1 aromatic carbocycles. The third-order valence-electron chi connectivity index (χ3n) is 3.69. The van der Waals surface area contributed by atoms with Crippen molar-refractivity contribution in [2.24, 2.45) is 0 Å². The first kappa shape index (κ1) is 19.1. The smallest absolute Gasteiger partial charge is 0.269 e. The number of benzene rings is 1. The van der Waals surface area contributed by atoms with Crippen LogP contribution in [-0.4, -0.2) is 40.6 Å². The summed E-state index contributed by atoms with van der Waals surface area (Å²) in [5.41, 5.74) is 1.31. The number of rotatable bonds is 8. The van der Waals surface area contributed by atoms with E-state index >= 15 is 0 Å². The Morgan fingerprint density at radius 1 is 1.26 bits per heavy atom. The fraction of sp³-hybridized carbons (Fsp3) is 0.250. The van der Waals surface area contributed by atoms with Crippen LogP contribution in [0.25, 0.3) is 0 Å². The maximum atomic E-state index is 12.3. The second-order valence-corrected chi connectivity index (χ2v) is 8.61. The number of aryl methyl sites for hydroxylation is 2. The van der Waals surface area contributed by atoms with Crippen molar-refractivity contribution < 1.29 is 13.2 Å². The summed E-state index contributed by atoms with van der Waals surface area (Å²) in [5.74, 6) is -0.360. The molecule has 0 fully saturated rings. The predicted molar refractivity (Wildman–Crippen MR) is 101 cm³/mol. The Morgan fingerprint density at radius 3 is 2.81 bits per heavy atom. The highest BCUT2D eigenvalue weighted by Gasteiger charge is 2.21. The van der Waals surface area contributed by atoms with Gasteiger partial charge in [0, 0.05) is 31.0 Å². The molecule has 0 bridgehead atoms. The van der Waals surface area contributed by atoms with Gasteiger partial charge in [0.25, 0.3) is 15.9 Å². The summed E-state index contributed by atoms with van der Waals surface area (Å²) in [6.07, 6.45) is 5.74. The van der Waals surface area contributed by atoms with E-state index in [0.717, 1.165) is 16.9 Å². The van der Waals surface area contributed by atoms with Crippen molar-refractivity contribution in [3.05, 3.63) is 54.1 Å². The van der Waals surface area contributed by atoms with E-state index in [-0.39, 0.29) is 21.9 Å². The van der Waals surface area contributed by atoms with Crippen LogP contribution in [0.4, 0.5) is 5.13 Å². The minimum Gasteiger partial charge on any atom is -0.337 e. The highest BCUT2D eigenvalue weighted by Crippen LogP contribution is 2.21. The molecule has 0 saturated carbocycles. The van der Waals surface area contributed by atoms with Gasteiger partial charge < -0.3 is 4.57 Å².